The van der Waals surface area contributed by atoms with Crippen LogP contribution in [0.5, 0.6) is 0 Å². The molecule has 0 aliphatic carbocycles. The van der Waals surface area contributed by atoms with Gasteiger partial charge in [-0.15, -0.1) is 0 Å². The van der Waals surface area contributed by atoms with Crippen molar-refractivity contribution in [2.45, 2.75) is 45.7 Å². The monoisotopic (exact) mass is 255 g/mol. The summed E-state index contributed by atoms with van der Waals surface area (Å²) >= 11 is 1.70. The zero-order chi connectivity index (χ0) is 12.7. The van der Waals surface area contributed by atoms with Crippen LogP contribution in [0.2, 0.25) is 0 Å². The van der Waals surface area contributed by atoms with Crippen LogP contribution in [-0.4, -0.2) is 24.7 Å². The van der Waals surface area contributed by atoms with E-state index >= 15 is 0 Å². The Balaban J connectivity index is 2.42. The largest absolute Gasteiger partial charge is 0.465 e. The third-order valence-electron chi connectivity index (χ3n) is 2.59. The Kier molecular flexibility index (Phi) is 6.22. The first-order valence-corrected chi connectivity index (χ1v) is 7.05. The molecule has 0 fully saturated rings. The quantitative estimate of drug-likeness (QED) is 0.761. The van der Waals surface area contributed by atoms with E-state index in [0.29, 0.717) is 6.61 Å². The van der Waals surface area contributed by atoms with Gasteiger partial charge in [-0.05, 0) is 49.1 Å². The van der Waals surface area contributed by atoms with Crippen molar-refractivity contribution >= 4 is 17.3 Å². The molecule has 4 heteroatoms. The van der Waals surface area contributed by atoms with Gasteiger partial charge in [0.2, 0.25) is 0 Å². The average molecular weight is 255 g/mol. The van der Waals surface area contributed by atoms with Crippen molar-refractivity contribution in [3.05, 3.63) is 22.4 Å². The fourth-order valence-electron chi connectivity index (χ4n) is 1.76. The van der Waals surface area contributed by atoms with Gasteiger partial charge >= 0.3 is 5.97 Å². The molecule has 1 aromatic heterocycles. The van der Waals surface area contributed by atoms with Crippen LogP contribution >= 0.6 is 11.3 Å². The highest BCUT2D eigenvalue weighted by Crippen LogP contribution is 2.09. The lowest BCUT2D eigenvalue weighted by Gasteiger charge is -2.20. The molecule has 0 aromatic carbocycles. The van der Waals surface area contributed by atoms with Crippen molar-refractivity contribution < 1.29 is 9.53 Å². The maximum Gasteiger partial charge on any atom is 0.323 e. The minimum Gasteiger partial charge on any atom is -0.465 e. The minimum absolute atomic E-state index is 0.146. The molecule has 0 aliphatic heterocycles. The first-order valence-electron chi connectivity index (χ1n) is 6.11. The molecule has 1 N–H and O–H groups in total. The topological polar surface area (TPSA) is 38.3 Å². The fourth-order valence-corrected chi connectivity index (χ4v) is 2.44. The van der Waals surface area contributed by atoms with E-state index in [-0.39, 0.29) is 18.1 Å². The molecule has 2 unspecified atom stereocenters. The molecule has 0 aliphatic rings. The Labute approximate surface area is 107 Å². The fraction of sp³-hybridized carbons (Fsp3) is 0.615. The van der Waals surface area contributed by atoms with Crippen LogP contribution in [0, 0.1) is 0 Å². The predicted octanol–water partition coefficient (Wildman–Crippen LogP) is 2.61. The van der Waals surface area contributed by atoms with E-state index in [2.05, 4.69) is 29.1 Å². The number of ether oxygens (including phenoxy) is 1. The maximum atomic E-state index is 11.6. The predicted molar refractivity (Wildman–Crippen MR) is 71.3 cm³/mol. The smallest absolute Gasteiger partial charge is 0.323 e. The van der Waals surface area contributed by atoms with E-state index in [1.807, 2.05) is 13.8 Å². The normalized spacial score (nSPS) is 14.3. The molecule has 17 heavy (non-hydrogen) atoms. The first-order chi connectivity index (χ1) is 8.17. The number of thiophene rings is 1. The molecule has 0 amide bonds. The highest BCUT2D eigenvalue weighted by atomic mass is 32.1. The lowest BCUT2D eigenvalue weighted by Crippen LogP contribution is -2.43. The zero-order valence-corrected chi connectivity index (χ0v) is 11.5. The summed E-state index contributed by atoms with van der Waals surface area (Å²) in [4.78, 5) is 11.6. The van der Waals surface area contributed by atoms with Crippen molar-refractivity contribution in [3.63, 3.8) is 0 Å². The lowest BCUT2D eigenvalue weighted by molar-refractivity contribution is -0.145. The van der Waals surface area contributed by atoms with Crippen LogP contribution in [0.1, 0.15) is 32.8 Å². The molecule has 0 spiro atoms. The van der Waals surface area contributed by atoms with Gasteiger partial charge in [0.1, 0.15) is 6.04 Å². The van der Waals surface area contributed by atoms with Gasteiger partial charge in [-0.1, -0.05) is 6.92 Å². The van der Waals surface area contributed by atoms with Crippen LogP contribution < -0.4 is 5.32 Å². The summed E-state index contributed by atoms with van der Waals surface area (Å²) in [7, 11) is 0. The summed E-state index contributed by atoms with van der Waals surface area (Å²) < 4.78 is 5.03. The number of nitrogens with one attached hydrogen (secondary N) is 1. The molecular weight excluding hydrogens is 234 g/mol. The molecule has 1 heterocycles. The summed E-state index contributed by atoms with van der Waals surface area (Å²) in [5.74, 6) is -0.146. The molecule has 0 bridgehead atoms. The highest BCUT2D eigenvalue weighted by Gasteiger charge is 2.19. The van der Waals surface area contributed by atoms with Crippen molar-refractivity contribution in [2.24, 2.45) is 0 Å². The Bertz CT molecular complexity index is 324. The van der Waals surface area contributed by atoms with E-state index in [1.54, 1.807) is 11.3 Å². The zero-order valence-electron chi connectivity index (χ0n) is 10.7. The Morgan fingerprint density at radius 2 is 2.29 bits per heavy atom. The second-order valence-electron chi connectivity index (χ2n) is 4.12. The van der Waals surface area contributed by atoms with Crippen LogP contribution in [0.3, 0.4) is 0 Å². The molecule has 0 saturated heterocycles. The molecule has 1 rings (SSSR count). The Morgan fingerprint density at radius 3 is 2.82 bits per heavy atom. The van der Waals surface area contributed by atoms with Gasteiger partial charge in [0.25, 0.3) is 0 Å². The van der Waals surface area contributed by atoms with E-state index in [0.717, 1.165) is 12.8 Å². The number of esters is 1. The van der Waals surface area contributed by atoms with Gasteiger partial charge < -0.3 is 10.1 Å². The number of hydrogen-bond donors (Lipinski definition) is 1. The molecular formula is C13H21NO2S. The molecule has 0 saturated carbocycles. The second-order valence-corrected chi connectivity index (χ2v) is 4.90. The Morgan fingerprint density at radius 1 is 1.53 bits per heavy atom. The standard InChI is InChI=1S/C13H21NO2S/c1-4-12(13(15)16-5-2)14-10(3)8-11-6-7-17-9-11/h6-7,9-10,12,14H,4-5,8H2,1-3H3. The molecule has 2 atom stereocenters. The third-order valence-corrected chi connectivity index (χ3v) is 3.32. The van der Waals surface area contributed by atoms with Crippen LogP contribution in [0.25, 0.3) is 0 Å². The highest BCUT2D eigenvalue weighted by molar-refractivity contribution is 7.07. The van der Waals surface area contributed by atoms with Gasteiger partial charge in [0.05, 0.1) is 6.61 Å². The maximum absolute atomic E-state index is 11.6. The van der Waals surface area contributed by atoms with Gasteiger partial charge in [-0.3, -0.25) is 4.79 Å². The van der Waals surface area contributed by atoms with E-state index < -0.39 is 0 Å². The van der Waals surface area contributed by atoms with Gasteiger partial charge in [-0.25, -0.2) is 0 Å². The average Bonchev–Trinajstić information content (AvgIpc) is 2.78. The van der Waals surface area contributed by atoms with Gasteiger partial charge in [-0.2, -0.15) is 11.3 Å². The molecule has 0 radical (unpaired) electrons. The summed E-state index contributed by atoms with van der Waals surface area (Å²) in [6, 6.07) is 2.20. The van der Waals surface area contributed by atoms with E-state index in [9.17, 15) is 4.79 Å². The third kappa shape index (κ3) is 4.88. The van der Waals surface area contributed by atoms with Crippen molar-refractivity contribution in [3.8, 4) is 0 Å². The van der Waals surface area contributed by atoms with Crippen molar-refractivity contribution in [1.82, 2.24) is 5.32 Å². The minimum atomic E-state index is -0.191. The van der Waals surface area contributed by atoms with Gasteiger partial charge in [0.15, 0.2) is 0 Å². The summed E-state index contributed by atoms with van der Waals surface area (Å²) in [6.45, 7) is 6.36. The second kappa shape index (κ2) is 7.45. The molecule has 96 valence electrons. The summed E-state index contributed by atoms with van der Waals surface area (Å²) in [5, 5.41) is 7.54. The summed E-state index contributed by atoms with van der Waals surface area (Å²) in [5.41, 5.74) is 1.31. The number of carbonyl (C=O) groups excluding carboxylic acids is 1. The van der Waals surface area contributed by atoms with E-state index in [4.69, 9.17) is 4.74 Å². The van der Waals surface area contributed by atoms with E-state index in [1.165, 1.54) is 5.56 Å². The van der Waals surface area contributed by atoms with Crippen LogP contribution in [0.15, 0.2) is 16.8 Å². The van der Waals surface area contributed by atoms with Gasteiger partial charge in [0, 0.05) is 6.04 Å². The first kappa shape index (κ1) is 14.2. The Hall–Kier alpha value is -0.870. The lowest BCUT2D eigenvalue weighted by atomic mass is 10.1. The van der Waals surface area contributed by atoms with Crippen LogP contribution in [0.4, 0.5) is 0 Å². The SMILES string of the molecule is CCOC(=O)C(CC)NC(C)Cc1ccsc1. The number of hydrogen-bond acceptors (Lipinski definition) is 4. The molecule has 1 aromatic rings. The van der Waals surface area contributed by atoms with Crippen LogP contribution in [-0.2, 0) is 16.0 Å². The summed E-state index contributed by atoms with van der Waals surface area (Å²) in [6.07, 6.45) is 1.70. The molecule has 3 nitrogen and oxygen atoms in total. The van der Waals surface area contributed by atoms with Crippen molar-refractivity contribution in [2.75, 3.05) is 6.61 Å². The number of rotatable bonds is 7. The number of carbonyl (C=O) groups is 1. The van der Waals surface area contributed by atoms with Crippen molar-refractivity contribution in [1.29, 1.82) is 0 Å².